The van der Waals surface area contributed by atoms with Gasteiger partial charge in [0.15, 0.2) is 0 Å². The topological polar surface area (TPSA) is 70.0 Å². The van der Waals surface area contributed by atoms with Gasteiger partial charge in [0.05, 0.1) is 18.1 Å². The Balaban J connectivity index is 1.37. The molecule has 1 saturated heterocycles. The quantitative estimate of drug-likeness (QED) is 0.510. The lowest BCUT2D eigenvalue weighted by Crippen LogP contribution is -2.30. The number of fused-ring (bicyclic) bond motifs is 4. The number of aromatic hydroxyl groups is 1. The van der Waals surface area contributed by atoms with Crippen molar-refractivity contribution in [2.75, 3.05) is 0 Å². The molecule has 4 atom stereocenters. The van der Waals surface area contributed by atoms with E-state index in [1.807, 2.05) is 30.3 Å². The minimum Gasteiger partial charge on any atom is -0.507 e. The van der Waals surface area contributed by atoms with Gasteiger partial charge in [0, 0.05) is 5.56 Å². The van der Waals surface area contributed by atoms with Crippen molar-refractivity contribution in [1.29, 1.82) is 0 Å². The zero-order valence-electron chi connectivity index (χ0n) is 14.6. The lowest BCUT2D eigenvalue weighted by molar-refractivity contribution is -0.141. The van der Waals surface area contributed by atoms with Gasteiger partial charge in [-0.2, -0.15) is 10.1 Å². The van der Waals surface area contributed by atoms with Crippen LogP contribution in [0.2, 0.25) is 0 Å². The molecular formula is C22H18N2O3. The van der Waals surface area contributed by atoms with Crippen molar-refractivity contribution in [2.24, 2.45) is 34.2 Å². The molecule has 3 fully saturated rings. The van der Waals surface area contributed by atoms with Gasteiger partial charge in [0.25, 0.3) is 11.8 Å². The smallest absolute Gasteiger partial charge is 0.254 e. The van der Waals surface area contributed by atoms with Crippen LogP contribution in [0.25, 0.3) is 10.8 Å². The van der Waals surface area contributed by atoms with E-state index in [1.54, 1.807) is 6.07 Å². The Morgan fingerprint density at radius 3 is 2.33 bits per heavy atom. The molecule has 1 N–H and O–H groups in total. The summed E-state index contributed by atoms with van der Waals surface area (Å²) in [7, 11) is 0. The number of amides is 2. The molecule has 0 unspecified atom stereocenters. The first-order valence-corrected chi connectivity index (χ1v) is 9.43. The molecule has 5 nitrogen and oxygen atoms in total. The van der Waals surface area contributed by atoms with Gasteiger partial charge >= 0.3 is 0 Å². The van der Waals surface area contributed by atoms with Crippen molar-refractivity contribution in [1.82, 2.24) is 5.01 Å². The van der Waals surface area contributed by atoms with E-state index in [0.29, 0.717) is 5.56 Å². The van der Waals surface area contributed by atoms with Crippen LogP contribution in [-0.2, 0) is 9.59 Å². The Morgan fingerprint density at radius 1 is 1.00 bits per heavy atom. The van der Waals surface area contributed by atoms with Crippen LogP contribution in [0, 0.1) is 29.1 Å². The van der Waals surface area contributed by atoms with E-state index in [2.05, 4.69) is 17.3 Å². The normalized spacial score (nSPS) is 32.4. The summed E-state index contributed by atoms with van der Waals surface area (Å²) in [5.41, 5.74) is 0.704. The second kappa shape index (κ2) is 4.85. The molecular weight excluding hydrogens is 340 g/mol. The lowest BCUT2D eigenvalue weighted by Gasteiger charge is -2.18. The molecule has 1 spiro atoms. The largest absolute Gasteiger partial charge is 0.507 e. The third-order valence-corrected chi connectivity index (χ3v) is 7.08. The molecule has 5 heteroatoms. The van der Waals surface area contributed by atoms with Gasteiger partial charge in [0.1, 0.15) is 5.75 Å². The fraction of sp³-hybridized carbons (Fsp3) is 0.318. The fourth-order valence-corrected chi connectivity index (χ4v) is 5.71. The number of benzene rings is 2. The zero-order valence-corrected chi connectivity index (χ0v) is 14.6. The van der Waals surface area contributed by atoms with Crippen molar-refractivity contribution < 1.29 is 14.7 Å². The molecule has 2 bridgehead atoms. The minimum atomic E-state index is -0.256. The summed E-state index contributed by atoms with van der Waals surface area (Å²) in [6.07, 6.45) is 7.98. The van der Waals surface area contributed by atoms with Crippen LogP contribution in [0.15, 0.2) is 53.7 Å². The number of carbonyl (C=O) groups is 2. The molecule has 27 heavy (non-hydrogen) atoms. The predicted molar refractivity (Wildman–Crippen MR) is 99.8 cm³/mol. The summed E-state index contributed by atoms with van der Waals surface area (Å²) in [5, 5.41) is 17.3. The summed E-state index contributed by atoms with van der Waals surface area (Å²) in [5.74, 6) is -0.435. The summed E-state index contributed by atoms with van der Waals surface area (Å²) in [4.78, 5) is 25.9. The second-order valence-corrected chi connectivity index (χ2v) is 8.17. The standard InChI is InChI=1S/C22H18N2O3/c25-17-8-5-12-3-1-2-4-13(12)14(17)11-23-24-20(26)18-15-6-7-16(19(18)21(24)27)22(15)9-10-22/h1-8,11,15-16,18-19,25H,9-10H2/b23-11-/t15-,16-,18-,19+/m1/s1. The van der Waals surface area contributed by atoms with Gasteiger partial charge in [0.2, 0.25) is 0 Å². The molecule has 0 radical (unpaired) electrons. The first-order chi connectivity index (χ1) is 13.1. The maximum absolute atomic E-state index is 13.0. The Hall–Kier alpha value is -2.95. The van der Waals surface area contributed by atoms with Crippen LogP contribution >= 0.6 is 0 Å². The Morgan fingerprint density at radius 2 is 1.67 bits per heavy atom. The molecule has 2 aromatic carbocycles. The summed E-state index contributed by atoms with van der Waals surface area (Å²) in [6.45, 7) is 0. The first-order valence-electron chi connectivity index (χ1n) is 9.43. The Labute approximate surface area is 156 Å². The van der Waals surface area contributed by atoms with Crippen LogP contribution in [0.1, 0.15) is 18.4 Å². The SMILES string of the molecule is O=C1[C@@H]2[C@H](C(=O)N1/N=C\c1c(O)ccc3ccccc13)[C@H]1C=C[C@H]2C12CC2. The molecule has 134 valence electrons. The van der Waals surface area contributed by atoms with Crippen molar-refractivity contribution in [3.8, 4) is 5.75 Å². The number of imide groups is 1. The van der Waals surface area contributed by atoms with Gasteiger partial charge in [-0.1, -0.05) is 42.5 Å². The Bertz CT molecular complexity index is 1050. The minimum absolute atomic E-state index is 0.0791. The molecule has 2 aromatic rings. The van der Waals surface area contributed by atoms with Crippen LogP contribution in [0.4, 0.5) is 0 Å². The van der Waals surface area contributed by atoms with E-state index in [9.17, 15) is 14.7 Å². The van der Waals surface area contributed by atoms with Gasteiger partial charge in [-0.05, 0) is 46.9 Å². The van der Waals surface area contributed by atoms with Crippen molar-refractivity contribution in [2.45, 2.75) is 12.8 Å². The highest BCUT2D eigenvalue weighted by atomic mass is 16.3. The third kappa shape index (κ3) is 1.77. The highest BCUT2D eigenvalue weighted by Crippen LogP contribution is 2.73. The van der Waals surface area contributed by atoms with Crippen molar-refractivity contribution in [3.63, 3.8) is 0 Å². The van der Waals surface area contributed by atoms with Gasteiger partial charge in [-0.3, -0.25) is 9.59 Å². The fourth-order valence-electron chi connectivity index (χ4n) is 5.71. The molecule has 2 saturated carbocycles. The average molecular weight is 358 g/mol. The van der Waals surface area contributed by atoms with Gasteiger partial charge in [-0.15, -0.1) is 0 Å². The van der Waals surface area contributed by atoms with E-state index in [4.69, 9.17) is 0 Å². The number of carbonyl (C=O) groups excluding carboxylic acids is 2. The van der Waals surface area contributed by atoms with Crippen LogP contribution in [-0.4, -0.2) is 28.1 Å². The molecule has 3 aliphatic carbocycles. The maximum Gasteiger partial charge on any atom is 0.254 e. The van der Waals surface area contributed by atoms with Crippen molar-refractivity contribution in [3.05, 3.63) is 54.1 Å². The van der Waals surface area contributed by atoms with E-state index in [-0.39, 0.29) is 46.7 Å². The number of hydrogen-bond acceptors (Lipinski definition) is 4. The third-order valence-electron chi connectivity index (χ3n) is 7.08. The predicted octanol–water partition coefficient (Wildman–Crippen LogP) is 3.08. The molecule has 0 aromatic heterocycles. The maximum atomic E-state index is 13.0. The van der Waals surface area contributed by atoms with Gasteiger partial charge < -0.3 is 5.11 Å². The number of hydrogen-bond donors (Lipinski definition) is 1. The molecule has 4 aliphatic rings. The first kappa shape index (κ1) is 15.1. The number of phenols is 1. The highest BCUT2D eigenvalue weighted by molar-refractivity contribution is 6.08. The number of hydrazone groups is 1. The van der Waals surface area contributed by atoms with Crippen LogP contribution < -0.4 is 0 Å². The number of phenolic OH excluding ortho intramolecular Hbond substituents is 1. The molecule has 2 amide bonds. The molecule has 6 rings (SSSR count). The zero-order chi connectivity index (χ0) is 18.3. The average Bonchev–Trinajstić information content (AvgIpc) is 3.28. The summed E-state index contributed by atoms with van der Waals surface area (Å²) < 4.78 is 0. The number of allylic oxidation sites excluding steroid dienone is 2. The molecule has 1 heterocycles. The molecule has 1 aliphatic heterocycles. The second-order valence-electron chi connectivity index (χ2n) is 8.17. The summed E-state index contributed by atoms with van der Waals surface area (Å²) in [6, 6.07) is 11.1. The van der Waals surface area contributed by atoms with E-state index in [0.717, 1.165) is 28.6 Å². The van der Waals surface area contributed by atoms with E-state index < -0.39 is 0 Å². The van der Waals surface area contributed by atoms with E-state index in [1.165, 1.54) is 6.21 Å². The summed E-state index contributed by atoms with van der Waals surface area (Å²) >= 11 is 0. The van der Waals surface area contributed by atoms with Crippen LogP contribution in [0.5, 0.6) is 5.75 Å². The monoisotopic (exact) mass is 358 g/mol. The highest BCUT2D eigenvalue weighted by Gasteiger charge is 2.73. The number of rotatable bonds is 2. The van der Waals surface area contributed by atoms with E-state index >= 15 is 0 Å². The Kier molecular flexibility index (Phi) is 2.72. The lowest BCUT2D eigenvalue weighted by atomic mass is 9.85. The number of nitrogens with zero attached hydrogens (tertiary/aromatic N) is 2. The van der Waals surface area contributed by atoms with Crippen molar-refractivity contribution >= 4 is 28.8 Å². The van der Waals surface area contributed by atoms with Crippen LogP contribution in [0.3, 0.4) is 0 Å². The van der Waals surface area contributed by atoms with Gasteiger partial charge in [-0.25, -0.2) is 0 Å².